The maximum Gasteiger partial charge on any atom is 0.281 e. The number of ether oxygens (including phenoxy) is 1. The van der Waals surface area contributed by atoms with Crippen LogP contribution in [0.15, 0.2) is 65.1 Å². The van der Waals surface area contributed by atoms with Crippen molar-refractivity contribution in [3.8, 4) is 5.75 Å². The van der Waals surface area contributed by atoms with Crippen molar-refractivity contribution < 1.29 is 14.3 Å². The zero-order valence-corrected chi connectivity index (χ0v) is 18.5. The second-order valence-electron chi connectivity index (χ2n) is 7.97. The summed E-state index contributed by atoms with van der Waals surface area (Å²) in [7, 11) is 0. The van der Waals surface area contributed by atoms with Crippen LogP contribution in [0.25, 0.3) is 0 Å². The van der Waals surface area contributed by atoms with E-state index in [0.29, 0.717) is 30.7 Å². The molecule has 1 atom stereocenters. The van der Waals surface area contributed by atoms with Crippen LogP contribution in [0.4, 0.5) is 0 Å². The summed E-state index contributed by atoms with van der Waals surface area (Å²) in [5.41, 5.74) is 4.59. The summed E-state index contributed by atoms with van der Waals surface area (Å²) >= 11 is 1.62. The lowest BCUT2D eigenvalue weighted by Gasteiger charge is -2.23. The highest BCUT2D eigenvalue weighted by Gasteiger charge is 2.33. The van der Waals surface area contributed by atoms with E-state index in [2.05, 4.69) is 34.7 Å². The van der Waals surface area contributed by atoms with E-state index in [9.17, 15) is 9.59 Å². The van der Waals surface area contributed by atoms with E-state index in [-0.39, 0.29) is 24.5 Å². The molecule has 0 bridgehead atoms. The van der Waals surface area contributed by atoms with Gasteiger partial charge in [-0.15, -0.1) is 11.3 Å². The lowest BCUT2D eigenvalue weighted by atomic mass is 9.99. The molecular formula is C25H23N3O3S. The summed E-state index contributed by atoms with van der Waals surface area (Å²) in [6, 6.07) is 17.4. The molecule has 2 aliphatic heterocycles. The maximum absolute atomic E-state index is 13.2. The van der Waals surface area contributed by atoms with Crippen LogP contribution in [-0.4, -0.2) is 35.7 Å². The van der Waals surface area contributed by atoms with Gasteiger partial charge in [0.2, 0.25) is 0 Å². The third-order valence-electron chi connectivity index (χ3n) is 5.82. The van der Waals surface area contributed by atoms with Gasteiger partial charge in [0.15, 0.2) is 6.61 Å². The number of rotatable bonds is 5. The molecule has 0 aliphatic carbocycles. The maximum atomic E-state index is 13.2. The van der Waals surface area contributed by atoms with Crippen LogP contribution < -0.4 is 10.1 Å². The quantitative estimate of drug-likeness (QED) is 0.643. The Labute approximate surface area is 190 Å². The summed E-state index contributed by atoms with van der Waals surface area (Å²) in [6.45, 7) is 2.47. The number of fused-ring (bicyclic) bond motifs is 1. The van der Waals surface area contributed by atoms with Gasteiger partial charge in [-0.1, -0.05) is 42.0 Å². The Kier molecular flexibility index (Phi) is 5.49. The molecule has 162 valence electrons. The molecule has 1 N–H and O–H groups in total. The summed E-state index contributed by atoms with van der Waals surface area (Å²) in [5.74, 6) is 0.270. The molecule has 7 heteroatoms. The predicted molar refractivity (Wildman–Crippen MR) is 124 cm³/mol. The molecule has 0 spiro atoms. The lowest BCUT2D eigenvalue weighted by molar-refractivity contribution is -0.135. The molecule has 2 aromatic carbocycles. The van der Waals surface area contributed by atoms with Gasteiger partial charge in [0, 0.05) is 24.1 Å². The van der Waals surface area contributed by atoms with E-state index in [1.54, 1.807) is 28.5 Å². The third kappa shape index (κ3) is 3.91. The second-order valence-corrected chi connectivity index (χ2v) is 8.92. The van der Waals surface area contributed by atoms with Crippen LogP contribution in [0.1, 0.15) is 44.4 Å². The fraction of sp³-hybridized carbons (Fsp3) is 0.240. The molecule has 1 aromatic heterocycles. The highest BCUT2D eigenvalue weighted by Crippen LogP contribution is 2.34. The fourth-order valence-electron chi connectivity index (χ4n) is 4.15. The van der Waals surface area contributed by atoms with Gasteiger partial charge in [-0.05, 0) is 42.5 Å². The molecule has 1 unspecified atom stereocenters. The molecule has 0 radical (unpaired) electrons. The minimum absolute atomic E-state index is 0.104. The number of nitrogens with one attached hydrogen (secondary N) is 1. The molecule has 0 saturated heterocycles. The number of carbonyl (C=O) groups is 2. The van der Waals surface area contributed by atoms with E-state index in [1.165, 1.54) is 5.56 Å². The summed E-state index contributed by atoms with van der Waals surface area (Å²) in [4.78, 5) is 26.4. The molecule has 0 saturated carbocycles. The van der Waals surface area contributed by atoms with Crippen LogP contribution in [0.5, 0.6) is 5.75 Å². The molecule has 2 aliphatic rings. The molecule has 3 aromatic rings. The molecule has 3 heterocycles. The van der Waals surface area contributed by atoms with Crippen molar-refractivity contribution in [3.05, 3.63) is 87.1 Å². The highest BCUT2D eigenvalue weighted by atomic mass is 32.1. The zero-order chi connectivity index (χ0) is 22.1. The first-order chi connectivity index (χ1) is 15.6. The van der Waals surface area contributed by atoms with Gasteiger partial charge in [-0.3, -0.25) is 9.59 Å². The Balaban J connectivity index is 1.38. The first kappa shape index (κ1) is 20.5. The minimum Gasteiger partial charge on any atom is -0.483 e. The molecule has 32 heavy (non-hydrogen) atoms. The van der Waals surface area contributed by atoms with Crippen molar-refractivity contribution in [1.29, 1.82) is 0 Å². The van der Waals surface area contributed by atoms with Crippen LogP contribution in [0.2, 0.25) is 0 Å². The van der Waals surface area contributed by atoms with Crippen LogP contribution >= 0.6 is 11.3 Å². The normalized spacial score (nSPS) is 17.5. The molecule has 0 fully saturated rings. The number of hydrogen-bond acceptors (Lipinski definition) is 5. The Morgan fingerprint density at radius 2 is 2.03 bits per heavy atom. The molecular weight excluding hydrogens is 422 g/mol. The van der Waals surface area contributed by atoms with Gasteiger partial charge in [-0.25, -0.2) is 5.01 Å². The number of carbonyl (C=O) groups excluding carboxylic acids is 2. The van der Waals surface area contributed by atoms with E-state index >= 15 is 0 Å². The van der Waals surface area contributed by atoms with Crippen LogP contribution in [-0.2, 0) is 11.2 Å². The molecule has 2 amide bonds. The van der Waals surface area contributed by atoms with Crippen molar-refractivity contribution in [3.63, 3.8) is 0 Å². The van der Waals surface area contributed by atoms with Gasteiger partial charge in [0.25, 0.3) is 11.8 Å². The monoisotopic (exact) mass is 445 g/mol. The van der Waals surface area contributed by atoms with Crippen molar-refractivity contribution in [2.75, 3.05) is 13.2 Å². The van der Waals surface area contributed by atoms with E-state index in [1.807, 2.05) is 30.5 Å². The average Bonchev–Trinajstić information content (AvgIpc) is 3.49. The van der Waals surface area contributed by atoms with E-state index in [0.717, 1.165) is 21.7 Å². The number of thiophene rings is 1. The lowest BCUT2D eigenvalue weighted by Crippen LogP contribution is -2.33. The van der Waals surface area contributed by atoms with Gasteiger partial charge in [0.05, 0.1) is 16.6 Å². The standard InChI is InChI=1S/C25H23N3O3S/c1-16-7-9-17(10-8-16)21-14-20(23-6-3-13-32-23)27-28(21)24(29)15-31-22-5-2-4-19-18(22)11-12-26-25(19)30/h2-10,13,21H,11-12,14-15H2,1H3,(H,26,30). The summed E-state index contributed by atoms with van der Waals surface area (Å²) in [5, 5.41) is 11.1. The van der Waals surface area contributed by atoms with Crippen LogP contribution in [0.3, 0.4) is 0 Å². The first-order valence-corrected chi connectivity index (χ1v) is 11.5. The largest absolute Gasteiger partial charge is 0.483 e. The summed E-state index contributed by atoms with van der Waals surface area (Å²) in [6.07, 6.45) is 1.35. The molecule has 6 nitrogen and oxygen atoms in total. The van der Waals surface area contributed by atoms with Crippen molar-refractivity contribution in [2.24, 2.45) is 5.10 Å². The second kappa shape index (κ2) is 8.59. The number of nitrogens with zero attached hydrogens (tertiary/aromatic N) is 2. The number of amides is 2. The number of benzene rings is 2. The smallest absolute Gasteiger partial charge is 0.281 e. The third-order valence-corrected chi connectivity index (χ3v) is 6.74. The van der Waals surface area contributed by atoms with Crippen molar-refractivity contribution in [2.45, 2.75) is 25.8 Å². The number of hydrogen-bond donors (Lipinski definition) is 1. The van der Waals surface area contributed by atoms with Gasteiger partial charge in [-0.2, -0.15) is 5.10 Å². The zero-order valence-electron chi connectivity index (χ0n) is 17.7. The van der Waals surface area contributed by atoms with Crippen LogP contribution in [0, 0.1) is 6.92 Å². The minimum atomic E-state index is -0.208. The Morgan fingerprint density at radius 3 is 2.81 bits per heavy atom. The Hall–Kier alpha value is -3.45. The van der Waals surface area contributed by atoms with Crippen molar-refractivity contribution >= 4 is 28.9 Å². The first-order valence-electron chi connectivity index (χ1n) is 10.6. The van der Waals surface area contributed by atoms with Gasteiger partial charge < -0.3 is 10.1 Å². The molecule has 5 rings (SSSR count). The van der Waals surface area contributed by atoms with E-state index < -0.39 is 0 Å². The topological polar surface area (TPSA) is 71.0 Å². The number of hydrazone groups is 1. The fourth-order valence-corrected chi connectivity index (χ4v) is 4.87. The summed E-state index contributed by atoms with van der Waals surface area (Å²) < 4.78 is 5.92. The van der Waals surface area contributed by atoms with Crippen molar-refractivity contribution in [1.82, 2.24) is 10.3 Å². The SMILES string of the molecule is Cc1ccc(C2CC(c3cccs3)=NN2C(=O)COc2cccc3c2CCNC3=O)cc1. The predicted octanol–water partition coefficient (Wildman–Crippen LogP) is 4.10. The van der Waals surface area contributed by atoms with E-state index in [4.69, 9.17) is 4.74 Å². The average molecular weight is 446 g/mol. The Bertz CT molecular complexity index is 1190. The number of aryl methyl sites for hydroxylation is 1. The van der Waals surface area contributed by atoms with Gasteiger partial charge in [0.1, 0.15) is 5.75 Å². The Morgan fingerprint density at radius 1 is 1.19 bits per heavy atom. The van der Waals surface area contributed by atoms with Gasteiger partial charge >= 0.3 is 0 Å². The highest BCUT2D eigenvalue weighted by molar-refractivity contribution is 7.12.